The molecule has 0 aliphatic carbocycles. The third-order valence-corrected chi connectivity index (χ3v) is 3.68. The molecule has 3 heteroatoms. The summed E-state index contributed by atoms with van der Waals surface area (Å²) in [4.78, 5) is 6.27. The second-order valence-corrected chi connectivity index (χ2v) is 4.90. The van der Waals surface area contributed by atoms with Crippen molar-refractivity contribution in [2.75, 3.05) is 18.5 Å². The Morgan fingerprint density at radius 3 is 2.79 bits per heavy atom. The second-order valence-electron chi connectivity index (χ2n) is 4.90. The summed E-state index contributed by atoms with van der Waals surface area (Å²) in [6.07, 6.45) is 5.79. The first-order valence-corrected chi connectivity index (χ1v) is 6.48. The Morgan fingerprint density at radius 1 is 1.26 bits per heavy atom. The quantitative estimate of drug-likeness (QED) is 0.780. The fourth-order valence-electron chi connectivity index (χ4n) is 2.68. The van der Waals surface area contributed by atoms with Crippen LogP contribution in [0.4, 0.5) is 5.69 Å². The normalized spacial score (nSPS) is 13.8. The average molecular weight is 249 g/mol. The molecule has 2 heterocycles. The van der Waals surface area contributed by atoms with Gasteiger partial charge < -0.3 is 4.90 Å². The SMILES string of the molecule is CN1CCCc2cc(-c3ccncc3)c(C#N)cc21. The molecule has 3 rings (SSSR count). The maximum Gasteiger partial charge on any atom is 0.0998 e. The summed E-state index contributed by atoms with van der Waals surface area (Å²) in [6.45, 7) is 1.06. The second kappa shape index (κ2) is 4.74. The molecule has 3 nitrogen and oxygen atoms in total. The number of hydrogen-bond donors (Lipinski definition) is 0. The number of aryl methyl sites for hydroxylation is 1. The van der Waals surface area contributed by atoms with Crippen LogP contribution in [0.3, 0.4) is 0 Å². The molecule has 19 heavy (non-hydrogen) atoms. The van der Waals surface area contributed by atoms with Gasteiger partial charge in [-0.3, -0.25) is 4.98 Å². The van der Waals surface area contributed by atoms with E-state index in [-0.39, 0.29) is 0 Å². The molecule has 0 saturated carbocycles. The lowest BCUT2D eigenvalue weighted by Crippen LogP contribution is -2.24. The lowest BCUT2D eigenvalue weighted by atomic mass is 9.93. The highest BCUT2D eigenvalue weighted by Gasteiger charge is 2.17. The van der Waals surface area contributed by atoms with Crippen LogP contribution in [0.1, 0.15) is 17.5 Å². The predicted molar refractivity (Wildman–Crippen MR) is 76.0 cm³/mol. The van der Waals surface area contributed by atoms with E-state index in [0.29, 0.717) is 0 Å². The lowest BCUT2D eigenvalue weighted by molar-refractivity contribution is 0.744. The van der Waals surface area contributed by atoms with Crippen molar-refractivity contribution in [1.82, 2.24) is 4.98 Å². The summed E-state index contributed by atoms with van der Waals surface area (Å²) in [7, 11) is 2.09. The summed E-state index contributed by atoms with van der Waals surface area (Å²) in [6, 6.07) is 10.4. The molecule has 0 amide bonds. The van der Waals surface area contributed by atoms with Gasteiger partial charge in [-0.15, -0.1) is 0 Å². The minimum atomic E-state index is 0.735. The molecule has 2 aromatic rings. The maximum absolute atomic E-state index is 9.38. The highest BCUT2D eigenvalue weighted by Crippen LogP contribution is 2.33. The number of benzene rings is 1. The van der Waals surface area contributed by atoms with Gasteiger partial charge in [0.05, 0.1) is 11.6 Å². The first kappa shape index (κ1) is 11.7. The van der Waals surface area contributed by atoms with Crippen LogP contribution in [0.15, 0.2) is 36.7 Å². The molecule has 94 valence electrons. The van der Waals surface area contributed by atoms with E-state index >= 15 is 0 Å². The zero-order valence-electron chi connectivity index (χ0n) is 10.9. The smallest absolute Gasteiger partial charge is 0.0998 e. The van der Waals surface area contributed by atoms with Gasteiger partial charge in [0.2, 0.25) is 0 Å². The number of pyridine rings is 1. The third-order valence-electron chi connectivity index (χ3n) is 3.68. The van der Waals surface area contributed by atoms with Gasteiger partial charge in [-0.1, -0.05) is 0 Å². The van der Waals surface area contributed by atoms with Crippen molar-refractivity contribution in [3.05, 3.63) is 47.8 Å². The molecule has 0 saturated heterocycles. The third kappa shape index (κ3) is 2.06. The predicted octanol–water partition coefficient (Wildman–Crippen LogP) is 3.00. The van der Waals surface area contributed by atoms with Crippen molar-refractivity contribution in [1.29, 1.82) is 5.26 Å². The molecule has 0 radical (unpaired) electrons. The summed E-state index contributed by atoms with van der Waals surface area (Å²) in [5, 5.41) is 9.38. The summed E-state index contributed by atoms with van der Waals surface area (Å²) >= 11 is 0. The topological polar surface area (TPSA) is 39.9 Å². The van der Waals surface area contributed by atoms with Gasteiger partial charge in [0.25, 0.3) is 0 Å². The Bertz CT molecular complexity index is 641. The van der Waals surface area contributed by atoms with Crippen LogP contribution in [-0.4, -0.2) is 18.6 Å². The van der Waals surface area contributed by atoms with Crippen LogP contribution in [0.25, 0.3) is 11.1 Å². The Kier molecular flexibility index (Phi) is 2.92. The van der Waals surface area contributed by atoms with Crippen molar-refractivity contribution < 1.29 is 0 Å². The standard InChI is InChI=1S/C16H15N3/c1-19-8-2-3-13-9-15(12-4-6-18-7-5-12)14(11-17)10-16(13)19/h4-7,9-10H,2-3,8H2,1H3. The molecular weight excluding hydrogens is 234 g/mol. The van der Waals surface area contributed by atoms with Crippen molar-refractivity contribution >= 4 is 5.69 Å². The fourth-order valence-corrected chi connectivity index (χ4v) is 2.68. The highest BCUT2D eigenvalue weighted by molar-refractivity contribution is 5.76. The Labute approximate surface area is 113 Å². The minimum Gasteiger partial charge on any atom is -0.374 e. The Morgan fingerprint density at radius 2 is 2.05 bits per heavy atom. The number of fused-ring (bicyclic) bond motifs is 1. The van der Waals surface area contributed by atoms with E-state index in [9.17, 15) is 5.26 Å². The number of anilines is 1. The van der Waals surface area contributed by atoms with Crippen molar-refractivity contribution in [2.24, 2.45) is 0 Å². The zero-order chi connectivity index (χ0) is 13.2. The number of rotatable bonds is 1. The number of nitriles is 1. The van der Waals surface area contributed by atoms with Gasteiger partial charge in [0.15, 0.2) is 0 Å². The van der Waals surface area contributed by atoms with Gasteiger partial charge in [-0.25, -0.2) is 0 Å². The summed E-state index contributed by atoms with van der Waals surface area (Å²) in [5.74, 6) is 0. The first-order valence-electron chi connectivity index (χ1n) is 6.48. The summed E-state index contributed by atoms with van der Waals surface area (Å²) < 4.78 is 0. The van der Waals surface area contributed by atoms with Gasteiger partial charge in [0, 0.05) is 31.7 Å². The number of nitrogens with zero attached hydrogens (tertiary/aromatic N) is 3. The summed E-state index contributed by atoms with van der Waals surface area (Å²) in [5.41, 5.74) is 5.33. The van der Waals surface area contributed by atoms with Crippen LogP contribution >= 0.6 is 0 Å². The molecule has 0 bridgehead atoms. The maximum atomic E-state index is 9.38. The first-order chi connectivity index (χ1) is 9.29. The molecule has 1 aromatic carbocycles. The molecule has 1 aromatic heterocycles. The molecule has 0 spiro atoms. The Balaban J connectivity index is 2.18. The van der Waals surface area contributed by atoms with Crippen LogP contribution in [-0.2, 0) is 6.42 Å². The van der Waals surface area contributed by atoms with Crippen LogP contribution in [0.5, 0.6) is 0 Å². The van der Waals surface area contributed by atoms with E-state index in [2.05, 4.69) is 29.1 Å². The lowest BCUT2D eigenvalue weighted by Gasteiger charge is -2.28. The minimum absolute atomic E-state index is 0.735. The fraction of sp³-hybridized carbons (Fsp3) is 0.250. The Hall–Kier alpha value is -2.34. The molecule has 1 aliphatic rings. The van der Waals surface area contributed by atoms with E-state index in [1.807, 2.05) is 18.2 Å². The van der Waals surface area contributed by atoms with E-state index in [4.69, 9.17) is 0 Å². The molecule has 0 atom stereocenters. The van der Waals surface area contributed by atoms with E-state index in [1.165, 1.54) is 17.7 Å². The van der Waals surface area contributed by atoms with E-state index in [1.54, 1.807) is 12.4 Å². The van der Waals surface area contributed by atoms with E-state index < -0.39 is 0 Å². The molecule has 1 aliphatic heterocycles. The van der Waals surface area contributed by atoms with Crippen LogP contribution < -0.4 is 4.90 Å². The van der Waals surface area contributed by atoms with Gasteiger partial charge >= 0.3 is 0 Å². The number of aromatic nitrogens is 1. The molecule has 0 unspecified atom stereocenters. The van der Waals surface area contributed by atoms with E-state index in [0.717, 1.165) is 29.7 Å². The van der Waals surface area contributed by atoms with Gasteiger partial charge in [0.1, 0.15) is 0 Å². The van der Waals surface area contributed by atoms with Crippen molar-refractivity contribution in [2.45, 2.75) is 12.8 Å². The van der Waals surface area contributed by atoms with Gasteiger partial charge in [-0.05, 0) is 53.8 Å². The monoisotopic (exact) mass is 249 g/mol. The largest absolute Gasteiger partial charge is 0.374 e. The van der Waals surface area contributed by atoms with Crippen LogP contribution in [0, 0.1) is 11.3 Å². The molecule has 0 fully saturated rings. The van der Waals surface area contributed by atoms with Gasteiger partial charge in [-0.2, -0.15) is 5.26 Å². The average Bonchev–Trinajstić information content (AvgIpc) is 2.47. The van der Waals surface area contributed by atoms with Crippen molar-refractivity contribution in [3.63, 3.8) is 0 Å². The molecule has 0 N–H and O–H groups in total. The molecular formula is C16H15N3. The zero-order valence-corrected chi connectivity index (χ0v) is 10.9. The van der Waals surface area contributed by atoms with Crippen LogP contribution in [0.2, 0.25) is 0 Å². The number of hydrogen-bond acceptors (Lipinski definition) is 3. The van der Waals surface area contributed by atoms with Crippen molar-refractivity contribution in [3.8, 4) is 17.2 Å². The highest BCUT2D eigenvalue weighted by atomic mass is 15.1.